The number of rotatable bonds is 4. The molecular formula is C15H26F3IN6. The molecular weight excluding hydrogens is 448 g/mol. The lowest BCUT2D eigenvalue weighted by Gasteiger charge is -2.39. The van der Waals surface area contributed by atoms with Gasteiger partial charge in [0.25, 0.3) is 0 Å². The molecule has 144 valence electrons. The Morgan fingerprint density at radius 2 is 1.96 bits per heavy atom. The molecule has 0 radical (unpaired) electrons. The molecule has 0 saturated carbocycles. The molecule has 1 aliphatic rings. The minimum atomic E-state index is -4.18. The highest BCUT2D eigenvalue weighted by Crippen LogP contribution is 2.25. The van der Waals surface area contributed by atoms with Gasteiger partial charge in [0, 0.05) is 51.5 Å². The van der Waals surface area contributed by atoms with Crippen molar-refractivity contribution in [3.63, 3.8) is 0 Å². The minimum absolute atomic E-state index is 0. The van der Waals surface area contributed by atoms with Crippen LogP contribution in [0.1, 0.15) is 19.4 Å². The van der Waals surface area contributed by atoms with Crippen LogP contribution < -0.4 is 5.32 Å². The van der Waals surface area contributed by atoms with Gasteiger partial charge in [-0.15, -0.1) is 24.0 Å². The van der Waals surface area contributed by atoms with E-state index in [2.05, 4.69) is 15.4 Å². The van der Waals surface area contributed by atoms with E-state index in [1.165, 1.54) is 11.8 Å². The van der Waals surface area contributed by atoms with Crippen molar-refractivity contribution in [3.8, 4) is 0 Å². The van der Waals surface area contributed by atoms with E-state index in [-0.39, 0.29) is 24.0 Å². The van der Waals surface area contributed by atoms with E-state index in [0.717, 1.165) is 11.5 Å². The van der Waals surface area contributed by atoms with Crippen LogP contribution in [-0.2, 0) is 13.6 Å². The van der Waals surface area contributed by atoms with Gasteiger partial charge in [-0.2, -0.15) is 18.3 Å². The summed E-state index contributed by atoms with van der Waals surface area (Å²) in [6, 6.07) is -1.41. The van der Waals surface area contributed by atoms with E-state index in [9.17, 15) is 13.2 Å². The van der Waals surface area contributed by atoms with Crippen molar-refractivity contribution in [1.29, 1.82) is 0 Å². The predicted octanol–water partition coefficient (Wildman–Crippen LogP) is 2.07. The third-order valence-electron chi connectivity index (χ3n) is 4.14. The standard InChI is InChI=1S/C15H25F3N6.HI/c1-4-19-14(20-9-13-10-21-22(3)11-13)24-7-5-23(6-8-24)12(2)15(16,17)18;/h10-12H,4-9H2,1-3H3,(H,19,20);1H. The first kappa shape index (κ1) is 22.0. The molecule has 1 N–H and O–H groups in total. The Labute approximate surface area is 163 Å². The summed E-state index contributed by atoms with van der Waals surface area (Å²) >= 11 is 0. The summed E-state index contributed by atoms with van der Waals surface area (Å²) in [4.78, 5) is 8.06. The number of hydrogen-bond acceptors (Lipinski definition) is 3. The number of nitrogens with one attached hydrogen (secondary N) is 1. The van der Waals surface area contributed by atoms with Crippen molar-refractivity contribution in [2.45, 2.75) is 32.6 Å². The van der Waals surface area contributed by atoms with Gasteiger partial charge in [-0.1, -0.05) is 0 Å². The second-order valence-corrected chi connectivity index (χ2v) is 5.93. The van der Waals surface area contributed by atoms with Crippen LogP contribution in [0.25, 0.3) is 0 Å². The summed E-state index contributed by atoms with van der Waals surface area (Å²) in [5.41, 5.74) is 0.997. The highest BCUT2D eigenvalue weighted by molar-refractivity contribution is 14.0. The molecule has 10 heteroatoms. The molecule has 1 fully saturated rings. The fraction of sp³-hybridized carbons (Fsp3) is 0.733. The Morgan fingerprint density at radius 3 is 2.44 bits per heavy atom. The zero-order valence-electron chi connectivity index (χ0n) is 14.8. The lowest BCUT2D eigenvalue weighted by Crippen LogP contribution is -2.56. The maximum absolute atomic E-state index is 12.8. The minimum Gasteiger partial charge on any atom is -0.357 e. The van der Waals surface area contributed by atoms with Crippen molar-refractivity contribution >= 4 is 29.9 Å². The quantitative estimate of drug-likeness (QED) is 0.413. The Bertz CT molecular complexity index is 552. The maximum atomic E-state index is 12.8. The van der Waals surface area contributed by atoms with Gasteiger partial charge in [0.2, 0.25) is 0 Å². The van der Waals surface area contributed by atoms with E-state index in [1.807, 2.05) is 25.1 Å². The van der Waals surface area contributed by atoms with Crippen molar-refractivity contribution in [2.75, 3.05) is 32.7 Å². The molecule has 1 aromatic heterocycles. The van der Waals surface area contributed by atoms with Gasteiger partial charge < -0.3 is 10.2 Å². The number of aromatic nitrogens is 2. The summed E-state index contributed by atoms with van der Waals surface area (Å²) in [6.45, 7) is 6.20. The van der Waals surface area contributed by atoms with E-state index in [4.69, 9.17) is 0 Å². The summed E-state index contributed by atoms with van der Waals surface area (Å²) in [6.07, 6.45) is -0.521. The Hall–Kier alpha value is -1.04. The fourth-order valence-corrected chi connectivity index (χ4v) is 2.67. The second kappa shape index (κ2) is 9.60. The number of guanidine groups is 1. The summed E-state index contributed by atoms with van der Waals surface area (Å²) in [5.74, 6) is 0.737. The van der Waals surface area contributed by atoms with Crippen LogP contribution in [0.15, 0.2) is 17.4 Å². The van der Waals surface area contributed by atoms with Crippen molar-refractivity contribution in [2.24, 2.45) is 12.0 Å². The molecule has 1 saturated heterocycles. The van der Waals surface area contributed by atoms with Crippen LogP contribution in [-0.4, -0.2) is 70.5 Å². The lowest BCUT2D eigenvalue weighted by molar-refractivity contribution is -0.181. The monoisotopic (exact) mass is 474 g/mol. The van der Waals surface area contributed by atoms with Crippen LogP contribution in [0.4, 0.5) is 13.2 Å². The normalized spacial score (nSPS) is 18.0. The molecule has 0 aromatic carbocycles. The van der Waals surface area contributed by atoms with Gasteiger partial charge in [-0.3, -0.25) is 9.58 Å². The number of aliphatic imine (C=N–C) groups is 1. The molecule has 0 amide bonds. The van der Waals surface area contributed by atoms with E-state index in [0.29, 0.717) is 39.3 Å². The number of nitrogens with zero attached hydrogens (tertiary/aromatic N) is 5. The molecule has 0 bridgehead atoms. The molecule has 2 heterocycles. The number of piperazine rings is 1. The first-order chi connectivity index (χ1) is 11.3. The largest absolute Gasteiger partial charge is 0.403 e. The average molecular weight is 474 g/mol. The molecule has 0 aliphatic carbocycles. The van der Waals surface area contributed by atoms with E-state index >= 15 is 0 Å². The van der Waals surface area contributed by atoms with Crippen molar-refractivity contribution in [3.05, 3.63) is 18.0 Å². The fourth-order valence-electron chi connectivity index (χ4n) is 2.67. The average Bonchev–Trinajstić information content (AvgIpc) is 2.95. The topological polar surface area (TPSA) is 48.7 Å². The summed E-state index contributed by atoms with van der Waals surface area (Å²) < 4.78 is 40.2. The molecule has 6 nitrogen and oxygen atoms in total. The molecule has 1 aliphatic heterocycles. The van der Waals surface area contributed by atoms with Crippen molar-refractivity contribution in [1.82, 2.24) is 24.9 Å². The Morgan fingerprint density at radius 1 is 1.32 bits per heavy atom. The van der Waals surface area contributed by atoms with Gasteiger partial charge in [-0.05, 0) is 13.8 Å². The Kier molecular flexibility index (Phi) is 8.45. The molecule has 1 atom stereocenters. The van der Waals surface area contributed by atoms with Crippen molar-refractivity contribution < 1.29 is 13.2 Å². The van der Waals surface area contributed by atoms with Crippen LogP contribution in [0.5, 0.6) is 0 Å². The molecule has 2 rings (SSSR count). The zero-order valence-corrected chi connectivity index (χ0v) is 17.1. The van der Waals surface area contributed by atoms with Gasteiger partial charge in [-0.25, -0.2) is 4.99 Å². The van der Waals surface area contributed by atoms with Crippen LogP contribution in [0.2, 0.25) is 0 Å². The molecule has 1 aromatic rings. The Balaban J connectivity index is 0.00000312. The highest BCUT2D eigenvalue weighted by atomic mass is 127. The van der Waals surface area contributed by atoms with Crippen LogP contribution in [0, 0.1) is 0 Å². The lowest BCUT2D eigenvalue weighted by atomic mass is 10.2. The van der Waals surface area contributed by atoms with Gasteiger partial charge >= 0.3 is 6.18 Å². The number of aryl methyl sites for hydroxylation is 1. The maximum Gasteiger partial charge on any atom is 0.403 e. The van der Waals surface area contributed by atoms with Gasteiger partial charge in [0.1, 0.15) is 6.04 Å². The first-order valence-corrected chi connectivity index (χ1v) is 8.12. The summed E-state index contributed by atoms with van der Waals surface area (Å²) in [5, 5.41) is 7.32. The van der Waals surface area contributed by atoms with Gasteiger partial charge in [0.05, 0.1) is 12.7 Å². The number of halogens is 4. The highest BCUT2D eigenvalue weighted by Gasteiger charge is 2.41. The van der Waals surface area contributed by atoms with Crippen LogP contribution >= 0.6 is 24.0 Å². The smallest absolute Gasteiger partial charge is 0.357 e. The van der Waals surface area contributed by atoms with Gasteiger partial charge in [0.15, 0.2) is 5.96 Å². The summed E-state index contributed by atoms with van der Waals surface area (Å²) in [7, 11) is 1.85. The predicted molar refractivity (Wildman–Crippen MR) is 102 cm³/mol. The van der Waals surface area contributed by atoms with E-state index < -0.39 is 12.2 Å². The third kappa shape index (κ3) is 6.32. The molecule has 1 unspecified atom stereocenters. The zero-order chi connectivity index (χ0) is 17.7. The molecule has 25 heavy (non-hydrogen) atoms. The number of hydrogen-bond donors (Lipinski definition) is 1. The SMILES string of the molecule is CCNC(=NCc1cnn(C)c1)N1CCN(C(C)C(F)(F)F)CC1.I. The number of alkyl halides is 3. The first-order valence-electron chi connectivity index (χ1n) is 8.12. The third-order valence-corrected chi connectivity index (χ3v) is 4.14. The van der Waals surface area contributed by atoms with E-state index in [1.54, 1.807) is 10.9 Å². The second-order valence-electron chi connectivity index (χ2n) is 5.93. The molecule has 0 spiro atoms. The van der Waals surface area contributed by atoms with Crippen LogP contribution in [0.3, 0.4) is 0 Å².